The van der Waals surface area contributed by atoms with Crippen LogP contribution in [-0.4, -0.2) is 22.4 Å². The van der Waals surface area contributed by atoms with E-state index in [1.165, 1.54) is 13.2 Å². The zero-order valence-electron chi connectivity index (χ0n) is 10.4. The molecule has 0 unspecified atom stereocenters. The maximum absolute atomic E-state index is 9.67. The van der Waals surface area contributed by atoms with Gasteiger partial charge >= 0.3 is 0 Å². The Labute approximate surface area is 110 Å². The van der Waals surface area contributed by atoms with Crippen LogP contribution in [0.15, 0.2) is 36.4 Å². The highest BCUT2D eigenvalue weighted by atomic mass is 16.5. The van der Waals surface area contributed by atoms with Gasteiger partial charge in [0, 0.05) is 5.56 Å². The highest BCUT2D eigenvalue weighted by Crippen LogP contribution is 2.38. The van der Waals surface area contributed by atoms with Gasteiger partial charge in [-0.25, -0.2) is 0 Å². The lowest BCUT2D eigenvalue weighted by Gasteiger charge is -2.08. The number of methoxy groups -OCH3 is 1. The van der Waals surface area contributed by atoms with Crippen molar-refractivity contribution in [3.63, 3.8) is 0 Å². The van der Waals surface area contributed by atoms with E-state index in [1.54, 1.807) is 36.4 Å². The van der Waals surface area contributed by atoms with Gasteiger partial charge in [0.05, 0.1) is 7.11 Å². The van der Waals surface area contributed by atoms with E-state index in [0.717, 1.165) is 5.56 Å². The molecule has 19 heavy (non-hydrogen) atoms. The minimum absolute atomic E-state index is 0.183. The average Bonchev–Trinajstić information content (AvgIpc) is 2.40. The van der Waals surface area contributed by atoms with Crippen LogP contribution in [0.3, 0.4) is 0 Å². The van der Waals surface area contributed by atoms with E-state index < -0.39 is 0 Å². The van der Waals surface area contributed by atoms with E-state index in [4.69, 9.17) is 4.74 Å². The summed E-state index contributed by atoms with van der Waals surface area (Å²) in [5, 5.41) is 28.4. The Bertz CT molecular complexity index is 618. The zero-order chi connectivity index (χ0) is 13.8. The molecule has 0 saturated carbocycles. The molecule has 4 nitrogen and oxygen atoms in total. The van der Waals surface area contributed by atoms with Gasteiger partial charge in [-0.2, -0.15) is 0 Å². The molecule has 2 aromatic carbocycles. The van der Waals surface area contributed by atoms with Gasteiger partial charge in [-0.05, 0) is 29.8 Å². The Balaban J connectivity index is 2.36. The first kappa shape index (κ1) is 12.8. The predicted octanol–water partition coefficient (Wildman–Crippen LogP) is 2.98. The fourth-order valence-corrected chi connectivity index (χ4v) is 1.74. The Morgan fingerprint density at radius 2 is 1.79 bits per heavy atom. The van der Waals surface area contributed by atoms with Gasteiger partial charge in [0.1, 0.15) is 5.75 Å². The maximum atomic E-state index is 9.67. The Morgan fingerprint density at radius 3 is 2.47 bits per heavy atom. The number of benzene rings is 2. The third-order valence-electron chi connectivity index (χ3n) is 2.67. The zero-order valence-corrected chi connectivity index (χ0v) is 10.4. The van der Waals surface area contributed by atoms with Gasteiger partial charge in [0.2, 0.25) is 5.75 Å². The molecule has 98 valence electrons. The molecule has 3 N–H and O–H groups in total. The molecule has 0 amide bonds. The van der Waals surface area contributed by atoms with Gasteiger partial charge in [-0.3, -0.25) is 0 Å². The van der Waals surface area contributed by atoms with Crippen LogP contribution >= 0.6 is 0 Å². The molecular weight excluding hydrogens is 244 g/mol. The summed E-state index contributed by atoms with van der Waals surface area (Å²) in [6.45, 7) is 0. The number of hydrogen-bond donors (Lipinski definition) is 3. The lowest BCUT2D eigenvalue weighted by atomic mass is 10.1. The number of phenols is 3. The van der Waals surface area contributed by atoms with Crippen LogP contribution in [0.2, 0.25) is 0 Å². The van der Waals surface area contributed by atoms with E-state index in [2.05, 4.69) is 0 Å². The molecule has 0 saturated heterocycles. The van der Waals surface area contributed by atoms with Crippen molar-refractivity contribution < 1.29 is 20.1 Å². The predicted molar refractivity (Wildman–Crippen MR) is 73.4 cm³/mol. The van der Waals surface area contributed by atoms with E-state index in [1.807, 2.05) is 6.07 Å². The minimum atomic E-state index is -0.291. The smallest absolute Gasteiger partial charge is 0.201 e. The van der Waals surface area contributed by atoms with Crippen LogP contribution in [0.5, 0.6) is 23.0 Å². The van der Waals surface area contributed by atoms with Crippen LogP contribution in [-0.2, 0) is 0 Å². The fourth-order valence-electron chi connectivity index (χ4n) is 1.74. The normalized spacial score (nSPS) is 10.8. The van der Waals surface area contributed by atoms with Crippen molar-refractivity contribution in [3.8, 4) is 23.0 Å². The van der Waals surface area contributed by atoms with E-state index in [0.29, 0.717) is 5.56 Å². The van der Waals surface area contributed by atoms with Gasteiger partial charge in [0.15, 0.2) is 11.5 Å². The summed E-state index contributed by atoms with van der Waals surface area (Å²) in [6, 6.07) is 9.80. The molecule has 0 aromatic heterocycles. The topological polar surface area (TPSA) is 69.9 Å². The lowest BCUT2D eigenvalue weighted by molar-refractivity contribution is 0.350. The third-order valence-corrected chi connectivity index (χ3v) is 2.67. The second-order valence-electron chi connectivity index (χ2n) is 3.98. The largest absolute Gasteiger partial charge is 0.508 e. The minimum Gasteiger partial charge on any atom is -0.508 e. The molecule has 0 bridgehead atoms. The van der Waals surface area contributed by atoms with Crippen molar-refractivity contribution in [1.29, 1.82) is 0 Å². The van der Waals surface area contributed by atoms with Crippen molar-refractivity contribution in [3.05, 3.63) is 47.5 Å². The third kappa shape index (κ3) is 2.80. The number of ether oxygens (including phenoxy) is 1. The van der Waals surface area contributed by atoms with E-state index in [9.17, 15) is 15.3 Å². The first-order valence-electron chi connectivity index (χ1n) is 5.68. The SMILES string of the molecule is COc1c(C=Cc2cccc(O)c2)ccc(O)c1O. The summed E-state index contributed by atoms with van der Waals surface area (Å²) in [4.78, 5) is 0. The Kier molecular flexibility index (Phi) is 3.61. The van der Waals surface area contributed by atoms with Crippen molar-refractivity contribution in [2.24, 2.45) is 0 Å². The number of hydrogen-bond acceptors (Lipinski definition) is 4. The van der Waals surface area contributed by atoms with E-state index in [-0.39, 0.29) is 23.0 Å². The van der Waals surface area contributed by atoms with Crippen LogP contribution in [0.25, 0.3) is 12.2 Å². The number of rotatable bonds is 3. The summed E-state index contributed by atoms with van der Waals surface area (Å²) in [5.41, 5.74) is 1.44. The highest BCUT2D eigenvalue weighted by molar-refractivity contribution is 5.75. The molecule has 0 aliphatic rings. The molecular formula is C15H14O4. The molecule has 0 heterocycles. The quantitative estimate of drug-likeness (QED) is 0.584. The average molecular weight is 258 g/mol. The Hall–Kier alpha value is -2.62. The van der Waals surface area contributed by atoms with Gasteiger partial charge < -0.3 is 20.1 Å². The van der Waals surface area contributed by atoms with Gasteiger partial charge in [0.25, 0.3) is 0 Å². The van der Waals surface area contributed by atoms with E-state index >= 15 is 0 Å². The molecule has 0 spiro atoms. The first-order chi connectivity index (χ1) is 9.11. The molecule has 0 radical (unpaired) electrons. The summed E-state index contributed by atoms with van der Waals surface area (Å²) in [7, 11) is 1.42. The van der Waals surface area contributed by atoms with Crippen molar-refractivity contribution >= 4 is 12.2 Å². The maximum Gasteiger partial charge on any atom is 0.201 e. The summed E-state index contributed by atoms with van der Waals surface area (Å²) in [5.74, 6) is -0.133. The second kappa shape index (κ2) is 5.35. The molecule has 0 atom stereocenters. The first-order valence-corrected chi connectivity index (χ1v) is 5.68. The van der Waals surface area contributed by atoms with Crippen molar-refractivity contribution in [2.45, 2.75) is 0 Å². The number of aromatic hydroxyl groups is 3. The fraction of sp³-hybridized carbons (Fsp3) is 0.0667. The molecule has 0 aliphatic heterocycles. The molecule has 2 aromatic rings. The van der Waals surface area contributed by atoms with Crippen molar-refractivity contribution in [2.75, 3.05) is 7.11 Å². The highest BCUT2D eigenvalue weighted by Gasteiger charge is 2.10. The summed E-state index contributed by atoms with van der Waals surface area (Å²) < 4.78 is 5.06. The van der Waals surface area contributed by atoms with Crippen LogP contribution in [0.1, 0.15) is 11.1 Å². The molecule has 2 rings (SSSR count). The standard InChI is InChI=1S/C15H14O4/c1-19-15-11(7-8-13(17)14(15)18)6-5-10-3-2-4-12(16)9-10/h2-9,16-18H,1H3. The lowest BCUT2D eigenvalue weighted by Crippen LogP contribution is -1.87. The molecule has 0 fully saturated rings. The molecule has 0 aliphatic carbocycles. The van der Waals surface area contributed by atoms with Crippen LogP contribution < -0.4 is 4.74 Å². The Morgan fingerprint density at radius 1 is 1.00 bits per heavy atom. The van der Waals surface area contributed by atoms with Crippen molar-refractivity contribution in [1.82, 2.24) is 0 Å². The summed E-state index contributed by atoms with van der Waals surface area (Å²) >= 11 is 0. The number of phenolic OH excluding ortho intramolecular Hbond substituents is 3. The monoisotopic (exact) mass is 258 g/mol. The van der Waals surface area contributed by atoms with Crippen LogP contribution in [0, 0.1) is 0 Å². The molecule has 4 heteroatoms. The van der Waals surface area contributed by atoms with Gasteiger partial charge in [-0.1, -0.05) is 24.3 Å². The van der Waals surface area contributed by atoms with Crippen LogP contribution in [0.4, 0.5) is 0 Å². The second-order valence-corrected chi connectivity index (χ2v) is 3.98. The van der Waals surface area contributed by atoms with Gasteiger partial charge in [-0.15, -0.1) is 0 Å². The summed E-state index contributed by atoms with van der Waals surface area (Å²) in [6.07, 6.45) is 3.50.